The summed E-state index contributed by atoms with van der Waals surface area (Å²) in [5.41, 5.74) is -2.36. The summed E-state index contributed by atoms with van der Waals surface area (Å²) in [6.07, 6.45) is -0.647. The third kappa shape index (κ3) is 8.25. The summed E-state index contributed by atoms with van der Waals surface area (Å²) in [5.74, 6) is -2.75. The molecule has 0 aliphatic rings. The first-order valence-corrected chi connectivity index (χ1v) is 8.89. The average Bonchev–Trinajstić information content (AvgIpc) is 2.33. The predicted molar refractivity (Wildman–Crippen MR) is 81.9 cm³/mol. The summed E-state index contributed by atoms with van der Waals surface area (Å²) < 4.78 is 32.6. The zero-order valence-electron chi connectivity index (χ0n) is 14.4. The topological polar surface area (TPSA) is 105 Å². The molecular formula is C14H25O8P. The van der Waals surface area contributed by atoms with Gasteiger partial charge in [0.2, 0.25) is 0 Å². The number of hydrogen-bond donors (Lipinski definition) is 0. The highest BCUT2D eigenvalue weighted by atomic mass is 31.2. The molecule has 0 aliphatic carbocycles. The van der Waals surface area contributed by atoms with Gasteiger partial charge in [-0.15, -0.1) is 0 Å². The molecule has 0 aromatic heterocycles. The van der Waals surface area contributed by atoms with Crippen molar-refractivity contribution in [3.05, 3.63) is 0 Å². The van der Waals surface area contributed by atoms with Crippen LogP contribution in [0.3, 0.4) is 0 Å². The van der Waals surface area contributed by atoms with Gasteiger partial charge in [-0.3, -0.25) is 18.9 Å². The van der Waals surface area contributed by atoms with Gasteiger partial charge in [0.05, 0.1) is 19.6 Å². The maximum Gasteiger partial charge on any atom is 0.345 e. The molecule has 0 bridgehead atoms. The smallest absolute Gasteiger partial charge is 0.345 e. The van der Waals surface area contributed by atoms with E-state index in [4.69, 9.17) is 13.8 Å². The van der Waals surface area contributed by atoms with Gasteiger partial charge in [-0.25, -0.2) is 0 Å². The zero-order valence-corrected chi connectivity index (χ0v) is 15.3. The fourth-order valence-corrected chi connectivity index (χ4v) is 3.47. The molecule has 0 radical (unpaired) electrons. The molecule has 1 atom stereocenters. The number of hydrogen-bond acceptors (Lipinski definition) is 8. The number of ether oxygens (including phenoxy) is 2. The monoisotopic (exact) mass is 352 g/mol. The van der Waals surface area contributed by atoms with Crippen LogP contribution in [0.4, 0.5) is 0 Å². The van der Waals surface area contributed by atoms with Gasteiger partial charge in [-0.05, 0) is 34.6 Å². The van der Waals surface area contributed by atoms with Crippen molar-refractivity contribution in [2.75, 3.05) is 13.2 Å². The number of rotatable bonds is 8. The molecule has 0 aromatic carbocycles. The van der Waals surface area contributed by atoms with Crippen LogP contribution in [0.1, 0.15) is 48.0 Å². The second kappa shape index (κ2) is 9.15. The van der Waals surface area contributed by atoms with E-state index in [1.54, 1.807) is 34.6 Å². The molecule has 0 N–H and O–H groups in total. The van der Waals surface area contributed by atoms with Gasteiger partial charge in [0.15, 0.2) is 5.66 Å². The van der Waals surface area contributed by atoms with Crippen LogP contribution in [0.15, 0.2) is 0 Å². The standard InChI is InChI=1S/C14H25O8P/c1-7-19-23(18,20-8-2)11(9-12(16)21-10(3)15)13(17)22-14(4,5)6/h11H,7-9H2,1-6H3. The molecule has 0 heterocycles. The van der Waals surface area contributed by atoms with Crippen LogP contribution >= 0.6 is 7.60 Å². The first-order chi connectivity index (χ1) is 10.4. The summed E-state index contributed by atoms with van der Waals surface area (Å²) in [6, 6.07) is 0. The van der Waals surface area contributed by atoms with Gasteiger partial charge in [0, 0.05) is 6.92 Å². The Hall–Kier alpha value is -1.24. The van der Waals surface area contributed by atoms with Gasteiger partial charge in [-0.2, -0.15) is 0 Å². The third-order valence-electron chi connectivity index (χ3n) is 2.30. The summed E-state index contributed by atoms with van der Waals surface area (Å²) in [6.45, 7) is 9.10. The Morgan fingerprint density at radius 1 is 1.04 bits per heavy atom. The summed E-state index contributed by atoms with van der Waals surface area (Å²) >= 11 is 0. The van der Waals surface area contributed by atoms with Crippen LogP contribution in [-0.2, 0) is 37.5 Å². The zero-order chi connectivity index (χ0) is 18.3. The van der Waals surface area contributed by atoms with Crippen LogP contribution in [0.2, 0.25) is 0 Å². The molecule has 0 amide bonds. The largest absolute Gasteiger partial charge is 0.459 e. The number of carbonyl (C=O) groups excluding carboxylic acids is 3. The van der Waals surface area contributed by atoms with Crippen LogP contribution < -0.4 is 0 Å². The molecule has 0 aromatic rings. The van der Waals surface area contributed by atoms with Gasteiger partial charge < -0.3 is 18.5 Å². The lowest BCUT2D eigenvalue weighted by atomic mass is 10.2. The van der Waals surface area contributed by atoms with E-state index in [1.165, 1.54) is 0 Å². The minimum atomic E-state index is -3.96. The molecule has 0 fully saturated rings. The first-order valence-electron chi connectivity index (χ1n) is 7.28. The van der Waals surface area contributed by atoms with Crippen LogP contribution in [0.25, 0.3) is 0 Å². The number of esters is 3. The predicted octanol–water partition coefficient (Wildman–Crippen LogP) is 2.44. The SMILES string of the molecule is CCOP(=O)(OCC)C(CC(=O)OC(C)=O)C(=O)OC(C)(C)C. The minimum Gasteiger partial charge on any atom is -0.459 e. The van der Waals surface area contributed by atoms with E-state index in [0.717, 1.165) is 6.92 Å². The second-order valence-corrected chi connectivity index (χ2v) is 7.81. The van der Waals surface area contributed by atoms with Crippen molar-refractivity contribution in [1.82, 2.24) is 0 Å². The summed E-state index contributed by atoms with van der Waals surface area (Å²) in [7, 11) is -3.96. The van der Waals surface area contributed by atoms with Gasteiger partial charge in [0.25, 0.3) is 0 Å². The van der Waals surface area contributed by atoms with Crippen molar-refractivity contribution in [2.24, 2.45) is 0 Å². The van der Waals surface area contributed by atoms with E-state index in [2.05, 4.69) is 4.74 Å². The normalized spacial score (nSPS) is 13.3. The first kappa shape index (κ1) is 21.8. The van der Waals surface area contributed by atoms with Gasteiger partial charge >= 0.3 is 25.5 Å². The Labute approximate surface area is 136 Å². The fraction of sp³-hybridized carbons (Fsp3) is 0.786. The lowest BCUT2D eigenvalue weighted by molar-refractivity contribution is -0.163. The number of carbonyl (C=O) groups is 3. The Morgan fingerprint density at radius 3 is 1.87 bits per heavy atom. The molecular weight excluding hydrogens is 327 g/mol. The highest BCUT2D eigenvalue weighted by molar-refractivity contribution is 7.55. The fourth-order valence-electron chi connectivity index (χ4n) is 1.63. The molecule has 0 rings (SSSR count). The van der Waals surface area contributed by atoms with Crippen LogP contribution in [0, 0.1) is 0 Å². The summed E-state index contributed by atoms with van der Waals surface area (Å²) in [5, 5.41) is 0. The van der Waals surface area contributed by atoms with Crippen molar-refractivity contribution in [3.8, 4) is 0 Å². The Balaban J connectivity index is 5.49. The van der Waals surface area contributed by atoms with Crippen molar-refractivity contribution in [2.45, 2.75) is 59.2 Å². The average molecular weight is 352 g/mol. The van der Waals surface area contributed by atoms with E-state index < -0.39 is 43.2 Å². The maximum absolute atomic E-state index is 12.8. The van der Waals surface area contributed by atoms with E-state index in [1.807, 2.05) is 0 Å². The van der Waals surface area contributed by atoms with E-state index >= 15 is 0 Å². The summed E-state index contributed by atoms with van der Waals surface area (Å²) in [4.78, 5) is 34.9. The molecule has 23 heavy (non-hydrogen) atoms. The van der Waals surface area contributed by atoms with Crippen LogP contribution in [0.5, 0.6) is 0 Å². The Bertz CT molecular complexity index is 470. The highest BCUT2D eigenvalue weighted by Gasteiger charge is 2.45. The molecule has 9 heteroatoms. The molecule has 8 nitrogen and oxygen atoms in total. The second-order valence-electron chi connectivity index (χ2n) is 5.59. The van der Waals surface area contributed by atoms with Crippen molar-refractivity contribution < 1.29 is 37.5 Å². The lowest BCUT2D eigenvalue weighted by Crippen LogP contribution is -2.34. The third-order valence-corrected chi connectivity index (χ3v) is 4.69. The van der Waals surface area contributed by atoms with Gasteiger partial charge in [0.1, 0.15) is 5.60 Å². The Morgan fingerprint density at radius 2 is 1.52 bits per heavy atom. The minimum absolute atomic E-state index is 0.0122. The molecule has 0 aliphatic heterocycles. The maximum atomic E-state index is 12.8. The van der Waals surface area contributed by atoms with E-state index in [9.17, 15) is 18.9 Å². The molecule has 134 valence electrons. The van der Waals surface area contributed by atoms with E-state index in [-0.39, 0.29) is 13.2 Å². The Kier molecular flexibility index (Phi) is 8.66. The van der Waals surface area contributed by atoms with E-state index in [0.29, 0.717) is 0 Å². The van der Waals surface area contributed by atoms with Crippen molar-refractivity contribution >= 4 is 25.5 Å². The van der Waals surface area contributed by atoms with Crippen LogP contribution in [-0.4, -0.2) is 42.4 Å². The molecule has 1 unspecified atom stereocenters. The quantitative estimate of drug-likeness (QED) is 0.373. The highest BCUT2D eigenvalue weighted by Crippen LogP contribution is 2.55. The van der Waals surface area contributed by atoms with Gasteiger partial charge in [-0.1, -0.05) is 0 Å². The molecule has 0 saturated heterocycles. The lowest BCUT2D eigenvalue weighted by Gasteiger charge is -2.27. The molecule has 0 saturated carbocycles. The van der Waals surface area contributed by atoms with Crippen molar-refractivity contribution in [3.63, 3.8) is 0 Å². The van der Waals surface area contributed by atoms with Crippen molar-refractivity contribution in [1.29, 1.82) is 0 Å². The molecule has 0 spiro atoms.